The zero-order valence-electron chi connectivity index (χ0n) is 13.9. The van der Waals surface area contributed by atoms with Gasteiger partial charge in [0.2, 0.25) is 15.9 Å². The molecule has 3 N–H and O–H groups in total. The van der Waals surface area contributed by atoms with Crippen LogP contribution in [-0.2, 0) is 19.6 Å². The number of rotatable bonds is 4. The summed E-state index contributed by atoms with van der Waals surface area (Å²) in [7, 11) is -3.21. The minimum Gasteiger partial charge on any atom is -0.352 e. The van der Waals surface area contributed by atoms with Crippen LogP contribution in [0, 0.1) is 5.82 Å². The summed E-state index contributed by atoms with van der Waals surface area (Å²) in [5, 5.41) is 5.80. The third-order valence-corrected chi connectivity index (χ3v) is 5.90. The standard InChI is InChI=1S/C16H22FN3O4S/c1-10(21)18-9-16-19-8-15(24-16)11-2-3-13(14(17)6-11)12-4-5-25(22,23)20-7-12/h2-3,6,12,15-16,19-20H,4-5,7-9H2,1H3,(H,18,21). The van der Waals surface area contributed by atoms with Gasteiger partial charge in [-0.3, -0.25) is 10.1 Å². The number of sulfonamides is 1. The number of carbonyl (C=O) groups is 1. The smallest absolute Gasteiger partial charge is 0.217 e. The fourth-order valence-corrected chi connectivity index (χ4v) is 4.32. The number of benzene rings is 1. The molecule has 2 heterocycles. The van der Waals surface area contributed by atoms with Crippen LogP contribution in [0.3, 0.4) is 0 Å². The Morgan fingerprint density at radius 1 is 1.40 bits per heavy atom. The van der Waals surface area contributed by atoms with Crippen molar-refractivity contribution in [2.75, 3.05) is 25.4 Å². The highest BCUT2D eigenvalue weighted by Crippen LogP contribution is 2.29. The first-order valence-corrected chi connectivity index (χ1v) is 9.89. The molecular formula is C16H22FN3O4S. The molecule has 25 heavy (non-hydrogen) atoms. The zero-order valence-corrected chi connectivity index (χ0v) is 14.7. The number of hydrogen-bond acceptors (Lipinski definition) is 5. The highest BCUT2D eigenvalue weighted by Gasteiger charge is 2.29. The van der Waals surface area contributed by atoms with Gasteiger partial charge in [-0.15, -0.1) is 0 Å². The Morgan fingerprint density at radius 3 is 2.84 bits per heavy atom. The molecule has 1 aromatic rings. The van der Waals surface area contributed by atoms with E-state index in [1.807, 2.05) is 6.07 Å². The molecule has 0 spiro atoms. The molecule has 138 valence electrons. The highest BCUT2D eigenvalue weighted by molar-refractivity contribution is 7.89. The number of halogens is 1. The van der Waals surface area contributed by atoms with Crippen LogP contribution < -0.4 is 15.4 Å². The average molecular weight is 371 g/mol. The van der Waals surface area contributed by atoms with Crippen LogP contribution in [0.15, 0.2) is 18.2 Å². The van der Waals surface area contributed by atoms with Crippen molar-refractivity contribution in [3.63, 3.8) is 0 Å². The molecule has 2 fully saturated rings. The molecule has 3 rings (SSSR count). The maximum atomic E-state index is 14.5. The summed E-state index contributed by atoms with van der Waals surface area (Å²) >= 11 is 0. The second-order valence-electron chi connectivity index (χ2n) is 6.39. The first-order chi connectivity index (χ1) is 11.8. The molecule has 3 unspecified atom stereocenters. The lowest BCUT2D eigenvalue weighted by Crippen LogP contribution is -2.37. The minimum absolute atomic E-state index is 0.0132. The first kappa shape index (κ1) is 18.2. The normalized spacial score (nSPS) is 28.6. The molecule has 0 aromatic heterocycles. The van der Waals surface area contributed by atoms with Crippen molar-refractivity contribution in [3.05, 3.63) is 35.1 Å². The number of hydrogen-bond donors (Lipinski definition) is 3. The molecule has 0 aliphatic carbocycles. The molecule has 9 heteroatoms. The quantitative estimate of drug-likeness (QED) is 0.710. The predicted molar refractivity (Wildman–Crippen MR) is 89.8 cm³/mol. The molecule has 2 aliphatic rings. The second kappa shape index (κ2) is 7.36. The van der Waals surface area contributed by atoms with Gasteiger partial charge < -0.3 is 10.1 Å². The first-order valence-electron chi connectivity index (χ1n) is 8.24. The molecule has 3 atom stereocenters. The van der Waals surface area contributed by atoms with E-state index in [0.717, 1.165) is 5.56 Å². The van der Waals surface area contributed by atoms with Gasteiger partial charge in [0.25, 0.3) is 0 Å². The Hall–Kier alpha value is -1.55. The Bertz CT molecular complexity index is 742. The Kier molecular flexibility index (Phi) is 5.38. The van der Waals surface area contributed by atoms with Gasteiger partial charge in [0, 0.05) is 25.9 Å². The van der Waals surface area contributed by atoms with Gasteiger partial charge >= 0.3 is 0 Å². The van der Waals surface area contributed by atoms with E-state index in [9.17, 15) is 17.6 Å². The zero-order chi connectivity index (χ0) is 18.0. The maximum absolute atomic E-state index is 14.5. The van der Waals surface area contributed by atoms with Crippen molar-refractivity contribution < 1.29 is 22.3 Å². The van der Waals surface area contributed by atoms with Crippen LogP contribution >= 0.6 is 0 Å². The summed E-state index contributed by atoms with van der Waals surface area (Å²) in [6.07, 6.45) is -0.178. The van der Waals surface area contributed by atoms with Crippen LogP contribution in [0.4, 0.5) is 4.39 Å². The summed E-state index contributed by atoms with van der Waals surface area (Å²) in [5.74, 6) is -0.628. The lowest BCUT2D eigenvalue weighted by molar-refractivity contribution is -0.119. The van der Waals surface area contributed by atoms with Gasteiger partial charge in [0.1, 0.15) is 12.0 Å². The lowest BCUT2D eigenvalue weighted by Gasteiger charge is -2.24. The maximum Gasteiger partial charge on any atom is 0.217 e. The van der Waals surface area contributed by atoms with Crippen molar-refractivity contribution in [1.29, 1.82) is 0 Å². The third kappa shape index (κ3) is 4.55. The molecule has 2 aliphatic heterocycles. The molecule has 0 saturated carbocycles. The van der Waals surface area contributed by atoms with E-state index in [-0.39, 0.29) is 42.3 Å². The summed E-state index contributed by atoms with van der Waals surface area (Å²) in [6, 6.07) is 4.97. The van der Waals surface area contributed by atoms with Gasteiger partial charge in [-0.1, -0.05) is 12.1 Å². The van der Waals surface area contributed by atoms with E-state index in [2.05, 4.69) is 15.4 Å². The van der Waals surface area contributed by atoms with E-state index < -0.39 is 10.0 Å². The minimum atomic E-state index is -3.21. The van der Waals surface area contributed by atoms with E-state index in [4.69, 9.17) is 4.74 Å². The van der Waals surface area contributed by atoms with Crippen LogP contribution in [0.25, 0.3) is 0 Å². The van der Waals surface area contributed by atoms with Crippen LogP contribution in [0.5, 0.6) is 0 Å². The van der Waals surface area contributed by atoms with Crippen molar-refractivity contribution in [2.45, 2.75) is 31.6 Å². The van der Waals surface area contributed by atoms with Crippen molar-refractivity contribution in [2.24, 2.45) is 0 Å². The summed E-state index contributed by atoms with van der Waals surface area (Å²) in [4.78, 5) is 10.9. The molecule has 1 amide bonds. The van der Waals surface area contributed by atoms with Gasteiger partial charge in [-0.05, 0) is 23.6 Å². The van der Waals surface area contributed by atoms with E-state index in [1.54, 1.807) is 6.07 Å². The summed E-state index contributed by atoms with van der Waals surface area (Å²) in [5.41, 5.74) is 1.24. The summed E-state index contributed by atoms with van der Waals surface area (Å²) in [6.45, 7) is 2.55. The van der Waals surface area contributed by atoms with E-state index >= 15 is 0 Å². The summed E-state index contributed by atoms with van der Waals surface area (Å²) < 4.78 is 45.6. The molecule has 0 radical (unpaired) electrons. The number of carbonyl (C=O) groups excluding carboxylic acids is 1. The molecule has 7 nitrogen and oxygen atoms in total. The van der Waals surface area contributed by atoms with E-state index in [1.165, 1.54) is 13.0 Å². The average Bonchev–Trinajstić information content (AvgIpc) is 3.02. The number of ether oxygens (including phenoxy) is 1. The van der Waals surface area contributed by atoms with Crippen molar-refractivity contribution in [3.8, 4) is 0 Å². The van der Waals surface area contributed by atoms with Gasteiger partial charge in [-0.25, -0.2) is 17.5 Å². The number of nitrogens with one attached hydrogen (secondary N) is 3. The largest absolute Gasteiger partial charge is 0.352 e. The van der Waals surface area contributed by atoms with Crippen LogP contribution in [0.2, 0.25) is 0 Å². The van der Waals surface area contributed by atoms with Crippen molar-refractivity contribution in [1.82, 2.24) is 15.4 Å². The Balaban J connectivity index is 1.63. The molecule has 1 aromatic carbocycles. The topological polar surface area (TPSA) is 96.5 Å². The third-order valence-electron chi connectivity index (χ3n) is 4.52. The fourth-order valence-electron chi connectivity index (χ4n) is 3.13. The van der Waals surface area contributed by atoms with Crippen LogP contribution in [0.1, 0.15) is 36.5 Å². The number of amides is 1. The molecule has 0 bridgehead atoms. The molecule has 2 saturated heterocycles. The lowest BCUT2D eigenvalue weighted by atomic mass is 9.94. The van der Waals surface area contributed by atoms with Gasteiger partial charge in [0.15, 0.2) is 0 Å². The second-order valence-corrected chi connectivity index (χ2v) is 8.32. The SMILES string of the molecule is CC(=O)NCC1NCC(c2ccc(C3CCS(=O)(=O)NC3)c(F)c2)O1. The Morgan fingerprint density at radius 2 is 2.20 bits per heavy atom. The fraction of sp³-hybridized carbons (Fsp3) is 0.562. The van der Waals surface area contributed by atoms with Crippen LogP contribution in [-0.4, -0.2) is 45.9 Å². The van der Waals surface area contributed by atoms with E-state index in [0.29, 0.717) is 25.1 Å². The van der Waals surface area contributed by atoms with Gasteiger partial charge in [-0.2, -0.15) is 0 Å². The van der Waals surface area contributed by atoms with Gasteiger partial charge in [0.05, 0.1) is 18.4 Å². The highest BCUT2D eigenvalue weighted by atomic mass is 32.2. The monoisotopic (exact) mass is 371 g/mol. The molecular weight excluding hydrogens is 349 g/mol. The van der Waals surface area contributed by atoms with Crippen molar-refractivity contribution >= 4 is 15.9 Å². The predicted octanol–water partition coefficient (Wildman–Crippen LogP) is 0.356. The Labute approximate surface area is 146 Å².